The van der Waals surface area contributed by atoms with E-state index >= 15 is 0 Å². The van der Waals surface area contributed by atoms with Crippen LogP contribution >= 0.6 is 11.6 Å². The zero-order valence-electron chi connectivity index (χ0n) is 2.77. The molecular weight excluding hydrogens is 284 g/mol. The zero-order chi connectivity index (χ0) is 4.28. The summed E-state index contributed by atoms with van der Waals surface area (Å²) in [7, 11) is 0. The number of carbonyl (C=O) groups is 1. The van der Waals surface area contributed by atoms with Crippen molar-refractivity contribution in [2.24, 2.45) is 0 Å². The molecule has 0 amide bonds. The molecule has 0 fully saturated rings. The topological polar surface area (TPSA) is 37.3 Å². The van der Waals surface area contributed by atoms with E-state index in [1.54, 1.807) is 0 Å². The maximum atomic E-state index is 9.33. The summed E-state index contributed by atoms with van der Waals surface area (Å²) in [5, 5.41) is 6.94. The second-order valence-electron chi connectivity index (χ2n) is 0.513. The first-order valence-electron chi connectivity index (χ1n) is 1.06. The maximum Gasteiger partial charge on any atom is 0.247 e. The number of aliphatic hydroxyl groups excluding tert-OH is 1. The van der Waals surface area contributed by atoms with Crippen LogP contribution in [0.4, 0.5) is 0 Å². The van der Waals surface area contributed by atoms with Crippen molar-refractivity contribution >= 4 is 16.8 Å². The first kappa shape index (κ1) is 9.76. The van der Waals surface area contributed by atoms with Crippen LogP contribution in [0.3, 0.4) is 0 Å². The number of halogens is 1. The number of hydrogen-bond acceptors (Lipinski definition) is 2. The van der Waals surface area contributed by atoms with Gasteiger partial charge in [0.25, 0.3) is 0 Å². The summed E-state index contributed by atoms with van der Waals surface area (Å²) in [6.07, 6.45) is 0. The van der Waals surface area contributed by atoms with Crippen molar-refractivity contribution in [2.45, 2.75) is 0 Å². The van der Waals surface area contributed by atoms with E-state index in [9.17, 15) is 4.79 Å². The molecule has 0 saturated heterocycles. The Morgan fingerprint density at radius 3 is 2.00 bits per heavy atom. The summed E-state index contributed by atoms with van der Waals surface area (Å²) in [5.74, 6) is 0. The summed E-state index contributed by atoms with van der Waals surface area (Å²) >= 11 is 4.57. The standard InChI is InChI=1S/C2H3ClO2.Ir/c3-2(5)1-4;/h4H,1H2;. The van der Waals surface area contributed by atoms with Gasteiger partial charge in [-0.05, 0) is 11.6 Å². The van der Waals surface area contributed by atoms with E-state index in [-0.39, 0.29) is 20.1 Å². The third-order valence-electron chi connectivity index (χ3n) is 0.124. The Balaban J connectivity index is 0. The summed E-state index contributed by atoms with van der Waals surface area (Å²) < 4.78 is 0. The smallest absolute Gasteiger partial charge is 0.247 e. The van der Waals surface area contributed by atoms with E-state index in [0.29, 0.717) is 0 Å². The molecule has 0 spiro atoms. The fraction of sp³-hybridized carbons (Fsp3) is 0.500. The Hall–Kier alpha value is 0.569. The molecule has 4 heteroatoms. The second-order valence-corrected chi connectivity index (χ2v) is 0.935. The molecule has 0 aliphatic heterocycles. The van der Waals surface area contributed by atoms with Crippen LogP contribution in [0, 0.1) is 0 Å². The minimum atomic E-state index is -0.718. The molecule has 0 unspecified atom stereocenters. The summed E-state index contributed by atoms with van der Waals surface area (Å²) in [6, 6.07) is 0. The van der Waals surface area contributed by atoms with Crippen molar-refractivity contribution in [2.75, 3.05) is 6.61 Å². The van der Waals surface area contributed by atoms with Crippen LogP contribution in [0.5, 0.6) is 0 Å². The Morgan fingerprint density at radius 2 is 2.00 bits per heavy atom. The van der Waals surface area contributed by atoms with Gasteiger partial charge in [0.1, 0.15) is 6.61 Å². The zero-order valence-corrected chi connectivity index (χ0v) is 5.92. The van der Waals surface area contributed by atoms with E-state index in [2.05, 4.69) is 11.6 Å². The van der Waals surface area contributed by atoms with Gasteiger partial charge in [-0.15, -0.1) is 0 Å². The number of rotatable bonds is 1. The van der Waals surface area contributed by atoms with E-state index in [1.807, 2.05) is 0 Å². The van der Waals surface area contributed by atoms with Gasteiger partial charge in [0, 0.05) is 20.1 Å². The minimum Gasteiger partial charge on any atom is -0.387 e. The van der Waals surface area contributed by atoms with E-state index in [0.717, 1.165) is 0 Å². The number of carbonyl (C=O) groups excluding carboxylic acids is 1. The first-order chi connectivity index (χ1) is 2.27. The molecular formula is C2H3ClIrO2. The van der Waals surface area contributed by atoms with Crippen LogP contribution in [-0.4, -0.2) is 17.0 Å². The summed E-state index contributed by atoms with van der Waals surface area (Å²) in [5.41, 5.74) is 0. The van der Waals surface area contributed by atoms with Crippen molar-refractivity contribution in [1.82, 2.24) is 0 Å². The van der Waals surface area contributed by atoms with Crippen molar-refractivity contribution in [3.63, 3.8) is 0 Å². The van der Waals surface area contributed by atoms with Crippen molar-refractivity contribution in [3.05, 3.63) is 0 Å². The Labute approximate surface area is 53.8 Å². The quantitative estimate of drug-likeness (QED) is 0.675. The summed E-state index contributed by atoms with van der Waals surface area (Å²) in [6.45, 7) is -0.568. The molecule has 0 aliphatic carbocycles. The van der Waals surface area contributed by atoms with E-state index < -0.39 is 11.8 Å². The molecule has 0 bridgehead atoms. The third kappa shape index (κ3) is 8.82. The van der Waals surface area contributed by atoms with Crippen LogP contribution in [-0.2, 0) is 24.9 Å². The maximum absolute atomic E-state index is 9.33. The SMILES string of the molecule is O=C(Cl)CO.[Ir]. The molecule has 1 radical (unpaired) electrons. The fourth-order valence-electron chi connectivity index (χ4n) is 0. The normalized spacial score (nSPS) is 6.33. The van der Waals surface area contributed by atoms with Gasteiger partial charge >= 0.3 is 0 Å². The van der Waals surface area contributed by atoms with Gasteiger partial charge in [-0.3, -0.25) is 4.79 Å². The van der Waals surface area contributed by atoms with Gasteiger partial charge in [-0.25, -0.2) is 0 Å². The fourth-order valence-corrected chi connectivity index (χ4v) is 0. The average molecular weight is 287 g/mol. The van der Waals surface area contributed by atoms with Crippen molar-refractivity contribution < 1.29 is 30.0 Å². The van der Waals surface area contributed by atoms with Gasteiger partial charge < -0.3 is 5.11 Å². The second kappa shape index (κ2) is 5.57. The van der Waals surface area contributed by atoms with Crippen molar-refractivity contribution in [1.29, 1.82) is 0 Å². The van der Waals surface area contributed by atoms with Crippen LogP contribution < -0.4 is 0 Å². The molecule has 0 atom stereocenters. The van der Waals surface area contributed by atoms with Crippen LogP contribution in [0.1, 0.15) is 0 Å². The van der Waals surface area contributed by atoms with Gasteiger partial charge in [-0.2, -0.15) is 0 Å². The molecule has 0 aromatic carbocycles. The minimum absolute atomic E-state index is 0. The predicted molar refractivity (Wildman–Crippen MR) is 17.9 cm³/mol. The molecule has 0 aromatic rings. The number of hydrogen-bond donors (Lipinski definition) is 1. The first-order valence-corrected chi connectivity index (χ1v) is 1.44. The van der Waals surface area contributed by atoms with Crippen molar-refractivity contribution in [3.8, 4) is 0 Å². The van der Waals surface area contributed by atoms with Gasteiger partial charge in [-0.1, -0.05) is 0 Å². The Morgan fingerprint density at radius 1 is 1.83 bits per heavy atom. The Kier molecular flexibility index (Phi) is 9.06. The predicted octanol–water partition coefficient (Wildman–Crippen LogP) is -0.258. The van der Waals surface area contributed by atoms with Gasteiger partial charge in [0.2, 0.25) is 5.24 Å². The van der Waals surface area contributed by atoms with Crippen LogP contribution in [0.2, 0.25) is 0 Å². The molecule has 0 rings (SSSR count). The average Bonchev–Trinajstić information content (AvgIpc) is 1.38. The molecule has 2 nitrogen and oxygen atoms in total. The summed E-state index contributed by atoms with van der Waals surface area (Å²) in [4.78, 5) is 9.33. The van der Waals surface area contributed by atoms with Gasteiger partial charge in [0.05, 0.1) is 0 Å². The van der Waals surface area contributed by atoms with Gasteiger partial charge in [0.15, 0.2) is 0 Å². The third-order valence-corrected chi connectivity index (χ3v) is 0.244. The van der Waals surface area contributed by atoms with Crippen LogP contribution in [0.15, 0.2) is 0 Å². The van der Waals surface area contributed by atoms with Crippen LogP contribution in [0.25, 0.3) is 0 Å². The molecule has 39 valence electrons. The molecule has 0 saturated carbocycles. The van der Waals surface area contributed by atoms with E-state index in [1.165, 1.54) is 0 Å². The number of aliphatic hydroxyl groups is 1. The monoisotopic (exact) mass is 287 g/mol. The molecule has 0 aromatic heterocycles. The molecule has 6 heavy (non-hydrogen) atoms. The Bertz CT molecular complexity index is 46.8. The molecule has 0 heterocycles. The van der Waals surface area contributed by atoms with E-state index in [4.69, 9.17) is 5.11 Å². The largest absolute Gasteiger partial charge is 0.387 e. The molecule has 0 aliphatic rings. The molecule has 1 N–H and O–H groups in total.